The fourth-order valence-corrected chi connectivity index (χ4v) is 2.46. The van der Waals surface area contributed by atoms with Crippen molar-refractivity contribution in [3.05, 3.63) is 66.0 Å². The lowest BCUT2D eigenvalue weighted by molar-refractivity contribution is 0.292. The van der Waals surface area contributed by atoms with Crippen LogP contribution in [0.25, 0.3) is 11.3 Å². The second-order valence-corrected chi connectivity index (χ2v) is 6.05. The predicted octanol–water partition coefficient (Wildman–Crippen LogP) is 3.25. The van der Waals surface area contributed by atoms with Gasteiger partial charge >= 0.3 is 0 Å². The summed E-state index contributed by atoms with van der Waals surface area (Å²) >= 11 is 0. The molecule has 134 valence electrons. The minimum atomic E-state index is 0.133. The molecule has 0 aliphatic heterocycles. The van der Waals surface area contributed by atoms with Crippen LogP contribution in [0.4, 0.5) is 11.8 Å². The Morgan fingerprint density at radius 1 is 1.04 bits per heavy atom. The molecule has 0 atom stereocenters. The first-order valence-corrected chi connectivity index (χ1v) is 8.68. The molecule has 0 unspecified atom stereocenters. The van der Waals surface area contributed by atoms with Crippen molar-refractivity contribution in [1.82, 2.24) is 15.0 Å². The summed E-state index contributed by atoms with van der Waals surface area (Å²) in [5, 5.41) is 15.5. The number of hydrogen-bond donors (Lipinski definition) is 3. The first-order chi connectivity index (χ1) is 12.7. The zero-order valence-corrected chi connectivity index (χ0v) is 14.8. The first-order valence-electron chi connectivity index (χ1n) is 8.68. The van der Waals surface area contributed by atoms with E-state index in [0.29, 0.717) is 25.5 Å². The number of aliphatic hydroxyl groups excluding tert-OH is 1. The number of rotatable bonds is 8. The molecule has 2 aromatic heterocycles. The monoisotopic (exact) mass is 349 g/mol. The number of anilines is 2. The van der Waals surface area contributed by atoms with E-state index in [1.54, 1.807) is 12.4 Å². The highest BCUT2D eigenvalue weighted by Crippen LogP contribution is 2.21. The van der Waals surface area contributed by atoms with E-state index in [1.807, 2.05) is 18.2 Å². The fourth-order valence-electron chi connectivity index (χ4n) is 2.46. The number of pyridine rings is 1. The highest BCUT2D eigenvalue weighted by molar-refractivity contribution is 5.63. The van der Waals surface area contributed by atoms with Crippen molar-refractivity contribution in [3.63, 3.8) is 0 Å². The fraction of sp³-hybridized carbons (Fsp3) is 0.250. The molecule has 26 heavy (non-hydrogen) atoms. The second-order valence-electron chi connectivity index (χ2n) is 6.05. The highest BCUT2D eigenvalue weighted by atomic mass is 16.3. The maximum absolute atomic E-state index is 8.96. The summed E-state index contributed by atoms with van der Waals surface area (Å²) in [6, 6.07) is 14.2. The van der Waals surface area contributed by atoms with Crippen LogP contribution in [0, 0.1) is 6.92 Å². The van der Waals surface area contributed by atoms with Gasteiger partial charge in [-0.25, -0.2) is 4.98 Å². The van der Waals surface area contributed by atoms with Gasteiger partial charge in [0, 0.05) is 43.7 Å². The molecule has 0 saturated carbocycles. The van der Waals surface area contributed by atoms with Crippen LogP contribution < -0.4 is 10.6 Å². The smallest absolute Gasteiger partial charge is 0.225 e. The second kappa shape index (κ2) is 8.92. The average Bonchev–Trinajstić information content (AvgIpc) is 2.68. The number of nitrogens with one attached hydrogen (secondary N) is 2. The third-order valence-corrected chi connectivity index (χ3v) is 3.90. The number of benzene rings is 1. The standard InChI is InChI=1S/C20H23N5O/c1-15-5-7-16(8-6-15)13-23-19-12-18(17-4-2-9-21-14-17)24-20(25-19)22-10-3-11-26/h2,4-9,12,14,26H,3,10-11,13H2,1H3,(H2,22,23,24,25). The lowest BCUT2D eigenvalue weighted by Crippen LogP contribution is -2.10. The van der Waals surface area contributed by atoms with Crippen molar-refractivity contribution < 1.29 is 5.11 Å². The van der Waals surface area contributed by atoms with E-state index in [1.165, 1.54) is 11.1 Å². The largest absolute Gasteiger partial charge is 0.396 e. The van der Waals surface area contributed by atoms with E-state index in [-0.39, 0.29) is 6.61 Å². The quantitative estimate of drug-likeness (QED) is 0.542. The molecule has 0 radical (unpaired) electrons. The van der Waals surface area contributed by atoms with Crippen LogP contribution in [0.1, 0.15) is 17.5 Å². The Balaban J connectivity index is 1.80. The normalized spacial score (nSPS) is 10.5. The van der Waals surface area contributed by atoms with E-state index in [9.17, 15) is 0 Å². The van der Waals surface area contributed by atoms with Gasteiger partial charge < -0.3 is 15.7 Å². The predicted molar refractivity (Wildman–Crippen MR) is 104 cm³/mol. The Bertz CT molecular complexity index is 821. The van der Waals surface area contributed by atoms with Gasteiger partial charge in [0.25, 0.3) is 0 Å². The zero-order valence-electron chi connectivity index (χ0n) is 14.8. The van der Waals surface area contributed by atoms with E-state index >= 15 is 0 Å². The lowest BCUT2D eigenvalue weighted by atomic mass is 10.1. The summed E-state index contributed by atoms with van der Waals surface area (Å²) in [5.74, 6) is 1.28. The van der Waals surface area contributed by atoms with Crippen molar-refractivity contribution in [2.24, 2.45) is 0 Å². The molecule has 1 aromatic carbocycles. The molecule has 0 bridgehead atoms. The molecule has 0 saturated heterocycles. The third kappa shape index (κ3) is 5.00. The molecule has 0 aliphatic carbocycles. The molecular formula is C20H23N5O. The average molecular weight is 349 g/mol. The summed E-state index contributed by atoms with van der Waals surface area (Å²) in [4.78, 5) is 13.2. The van der Waals surface area contributed by atoms with Gasteiger partial charge in [0.1, 0.15) is 5.82 Å². The molecule has 3 aromatic rings. The van der Waals surface area contributed by atoms with Gasteiger partial charge in [0.05, 0.1) is 5.69 Å². The number of nitrogens with zero attached hydrogens (tertiary/aromatic N) is 3. The van der Waals surface area contributed by atoms with Gasteiger partial charge in [-0.05, 0) is 31.0 Å². The zero-order chi connectivity index (χ0) is 18.2. The van der Waals surface area contributed by atoms with E-state index < -0.39 is 0 Å². The number of aliphatic hydroxyl groups is 1. The highest BCUT2D eigenvalue weighted by Gasteiger charge is 2.07. The van der Waals surface area contributed by atoms with Crippen molar-refractivity contribution in [1.29, 1.82) is 0 Å². The Morgan fingerprint density at radius 3 is 2.62 bits per heavy atom. The Kier molecular flexibility index (Phi) is 6.11. The van der Waals surface area contributed by atoms with Crippen LogP contribution >= 0.6 is 0 Å². The van der Waals surface area contributed by atoms with Crippen LogP contribution in [0.5, 0.6) is 0 Å². The molecular weight excluding hydrogens is 326 g/mol. The molecule has 3 N–H and O–H groups in total. The van der Waals surface area contributed by atoms with Crippen molar-refractivity contribution in [3.8, 4) is 11.3 Å². The number of hydrogen-bond acceptors (Lipinski definition) is 6. The minimum Gasteiger partial charge on any atom is -0.396 e. The van der Waals surface area contributed by atoms with E-state index in [2.05, 4.69) is 56.8 Å². The molecule has 3 rings (SSSR count). The van der Waals surface area contributed by atoms with Gasteiger partial charge in [0.15, 0.2) is 0 Å². The molecule has 0 amide bonds. The summed E-state index contributed by atoms with van der Waals surface area (Å²) in [5.41, 5.74) is 4.15. The van der Waals surface area contributed by atoms with Crippen LogP contribution in [0.2, 0.25) is 0 Å². The van der Waals surface area contributed by atoms with Gasteiger partial charge in [-0.3, -0.25) is 4.98 Å². The topological polar surface area (TPSA) is 83.0 Å². The maximum atomic E-state index is 8.96. The first kappa shape index (κ1) is 17.8. The Labute approximate surface area is 153 Å². The molecule has 2 heterocycles. The molecule has 0 fully saturated rings. The summed E-state index contributed by atoms with van der Waals surface area (Å²) < 4.78 is 0. The van der Waals surface area contributed by atoms with Crippen LogP contribution in [0.3, 0.4) is 0 Å². The minimum absolute atomic E-state index is 0.133. The van der Waals surface area contributed by atoms with Crippen LogP contribution in [-0.4, -0.2) is 33.2 Å². The maximum Gasteiger partial charge on any atom is 0.225 e. The van der Waals surface area contributed by atoms with Crippen LogP contribution in [-0.2, 0) is 6.54 Å². The van der Waals surface area contributed by atoms with Crippen molar-refractivity contribution in [2.45, 2.75) is 19.9 Å². The number of aromatic nitrogens is 3. The third-order valence-electron chi connectivity index (χ3n) is 3.90. The van der Waals surface area contributed by atoms with E-state index in [0.717, 1.165) is 17.1 Å². The van der Waals surface area contributed by atoms with Gasteiger partial charge in [-0.15, -0.1) is 0 Å². The molecule has 6 heteroatoms. The summed E-state index contributed by atoms with van der Waals surface area (Å²) in [7, 11) is 0. The number of aryl methyl sites for hydroxylation is 1. The Morgan fingerprint density at radius 2 is 1.88 bits per heavy atom. The molecule has 0 spiro atoms. The summed E-state index contributed by atoms with van der Waals surface area (Å²) in [6.07, 6.45) is 4.16. The van der Waals surface area contributed by atoms with Crippen molar-refractivity contribution >= 4 is 11.8 Å². The van der Waals surface area contributed by atoms with Crippen molar-refractivity contribution in [2.75, 3.05) is 23.8 Å². The van der Waals surface area contributed by atoms with Crippen LogP contribution in [0.15, 0.2) is 54.9 Å². The Hall–Kier alpha value is -2.99. The lowest BCUT2D eigenvalue weighted by Gasteiger charge is -2.11. The summed E-state index contributed by atoms with van der Waals surface area (Å²) in [6.45, 7) is 3.50. The molecule has 6 nitrogen and oxygen atoms in total. The molecule has 0 aliphatic rings. The van der Waals surface area contributed by atoms with Gasteiger partial charge in [0.2, 0.25) is 5.95 Å². The van der Waals surface area contributed by atoms with Gasteiger partial charge in [-0.2, -0.15) is 4.98 Å². The SMILES string of the molecule is Cc1ccc(CNc2cc(-c3cccnc3)nc(NCCCO)n2)cc1. The van der Waals surface area contributed by atoms with Gasteiger partial charge in [-0.1, -0.05) is 29.8 Å². The van der Waals surface area contributed by atoms with E-state index in [4.69, 9.17) is 5.11 Å².